The molecule has 0 aromatic carbocycles. The van der Waals surface area contributed by atoms with Gasteiger partial charge in [-0.3, -0.25) is 14.6 Å². The fraction of sp³-hybridized carbons (Fsp3) is 0.950. The summed E-state index contributed by atoms with van der Waals surface area (Å²) < 4.78 is 5.76. The number of ether oxygens (including phenoxy) is 1. The van der Waals surface area contributed by atoms with E-state index in [9.17, 15) is 4.79 Å². The van der Waals surface area contributed by atoms with Crippen LogP contribution in [0.15, 0.2) is 0 Å². The summed E-state index contributed by atoms with van der Waals surface area (Å²) in [5.41, 5.74) is 0.125. The lowest BCUT2D eigenvalue weighted by molar-refractivity contribution is -0.133. The third kappa shape index (κ3) is 6.48. The molecular formula is C20H40N4O2. The number of likely N-dealkylation sites (N-methyl/N-ethyl adjacent to an activating group) is 1. The zero-order valence-corrected chi connectivity index (χ0v) is 17.9. The summed E-state index contributed by atoms with van der Waals surface area (Å²) in [6.07, 6.45) is 0.287. The van der Waals surface area contributed by atoms with Gasteiger partial charge in [0.25, 0.3) is 0 Å². The molecule has 0 aromatic heterocycles. The van der Waals surface area contributed by atoms with Crippen LogP contribution in [0.5, 0.6) is 0 Å². The Morgan fingerprint density at radius 2 is 1.88 bits per heavy atom. The monoisotopic (exact) mass is 368 g/mol. The normalized spacial score (nSPS) is 31.8. The number of carbonyl (C=O) groups excluding carboxylic acids is 1. The summed E-state index contributed by atoms with van der Waals surface area (Å²) in [4.78, 5) is 19.6. The highest BCUT2D eigenvalue weighted by atomic mass is 16.5. The van der Waals surface area contributed by atoms with Crippen molar-refractivity contribution in [1.82, 2.24) is 20.0 Å². The van der Waals surface area contributed by atoms with E-state index in [1.165, 1.54) is 0 Å². The standard InChI is InChI=1S/C20H40N4O2/c1-15-9-24(12-19(25)22(7)14-20(4,5)6)18(8-21-15)11-23-10-17(3)26-13-16(23)2/h15-18,21H,8-14H2,1-7H3/t15?,16?,17-,18+/m0/s1. The van der Waals surface area contributed by atoms with Crippen molar-refractivity contribution >= 4 is 5.91 Å². The molecule has 2 aliphatic heterocycles. The van der Waals surface area contributed by atoms with Crippen LogP contribution in [0.2, 0.25) is 0 Å². The maximum absolute atomic E-state index is 12.8. The van der Waals surface area contributed by atoms with Crippen LogP contribution in [0.25, 0.3) is 0 Å². The van der Waals surface area contributed by atoms with Crippen molar-refractivity contribution in [2.45, 2.75) is 65.8 Å². The van der Waals surface area contributed by atoms with Crippen molar-refractivity contribution in [2.75, 3.05) is 52.9 Å². The molecule has 2 rings (SSSR count). The van der Waals surface area contributed by atoms with Crippen molar-refractivity contribution in [2.24, 2.45) is 5.41 Å². The Kier molecular flexibility index (Phi) is 7.48. The van der Waals surface area contributed by atoms with Crippen LogP contribution >= 0.6 is 0 Å². The predicted molar refractivity (Wildman–Crippen MR) is 106 cm³/mol. The number of hydrogen-bond acceptors (Lipinski definition) is 5. The number of morpholine rings is 1. The molecule has 2 aliphatic rings. The van der Waals surface area contributed by atoms with Gasteiger partial charge >= 0.3 is 0 Å². The average Bonchev–Trinajstić information content (AvgIpc) is 2.51. The van der Waals surface area contributed by atoms with Crippen LogP contribution in [0.3, 0.4) is 0 Å². The summed E-state index contributed by atoms with van der Waals surface area (Å²) in [6.45, 7) is 19.0. The van der Waals surface area contributed by atoms with Gasteiger partial charge in [-0.25, -0.2) is 0 Å². The van der Waals surface area contributed by atoms with E-state index in [0.29, 0.717) is 24.7 Å². The smallest absolute Gasteiger partial charge is 0.236 e. The fourth-order valence-corrected chi connectivity index (χ4v) is 4.00. The van der Waals surface area contributed by atoms with Gasteiger partial charge in [-0.05, 0) is 26.2 Å². The molecule has 26 heavy (non-hydrogen) atoms. The van der Waals surface area contributed by atoms with Crippen molar-refractivity contribution < 1.29 is 9.53 Å². The van der Waals surface area contributed by atoms with E-state index < -0.39 is 0 Å². The van der Waals surface area contributed by atoms with Crippen LogP contribution in [0.1, 0.15) is 41.5 Å². The number of hydrogen-bond donors (Lipinski definition) is 1. The molecular weight excluding hydrogens is 328 g/mol. The fourth-order valence-electron chi connectivity index (χ4n) is 4.00. The highest BCUT2D eigenvalue weighted by Crippen LogP contribution is 2.17. The zero-order chi connectivity index (χ0) is 19.5. The molecule has 2 saturated heterocycles. The highest BCUT2D eigenvalue weighted by Gasteiger charge is 2.33. The third-order valence-corrected chi connectivity index (χ3v) is 5.38. The van der Waals surface area contributed by atoms with Crippen LogP contribution in [-0.4, -0.2) is 97.8 Å². The minimum Gasteiger partial charge on any atom is -0.376 e. The van der Waals surface area contributed by atoms with Crippen molar-refractivity contribution in [3.63, 3.8) is 0 Å². The number of carbonyl (C=O) groups is 1. The Labute approximate surface area is 160 Å². The van der Waals surface area contributed by atoms with E-state index in [4.69, 9.17) is 4.74 Å². The maximum atomic E-state index is 12.8. The topological polar surface area (TPSA) is 48.1 Å². The molecule has 2 fully saturated rings. The van der Waals surface area contributed by atoms with Gasteiger partial charge < -0.3 is 15.0 Å². The van der Waals surface area contributed by atoms with Gasteiger partial charge in [0.15, 0.2) is 0 Å². The minimum absolute atomic E-state index is 0.125. The van der Waals surface area contributed by atoms with Gasteiger partial charge in [-0.1, -0.05) is 20.8 Å². The first-order valence-electron chi connectivity index (χ1n) is 10.1. The molecule has 6 nitrogen and oxygen atoms in total. The van der Waals surface area contributed by atoms with Gasteiger partial charge in [0.2, 0.25) is 5.91 Å². The zero-order valence-electron chi connectivity index (χ0n) is 17.9. The largest absolute Gasteiger partial charge is 0.376 e. The summed E-state index contributed by atoms with van der Waals surface area (Å²) in [5.74, 6) is 0.224. The van der Waals surface area contributed by atoms with E-state index in [1.807, 2.05) is 11.9 Å². The van der Waals surface area contributed by atoms with Crippen LogP contribution in [-0.2, 0) is 9.53 Å². The van der Waals surface area contributed by atoms with Crippen molar-refractivity contribution in [3.05, 3.63) is 0 Å². The molecule has 6 heteroatoms. The molecule has 2 heterocycles. The molecule has 0 aliphatic carbocycles. The molecule has 0 bridgehead atoms. The first-order chi connectivity index (χ1) is 12.0. The average molecular weight is 369 g/mol. The molecule has 0 radical (unpaired) electrons. The molecule has 0 aromatic rings. The number of amides is 1. The molecule has 2 unspecified atom stereocenters. The maximum Gasteiger partial charge on any atom is 0.236 e. The van der Waals surface area contributed by atoms with Gasteiger partial charge in [0, 0.05) is 57.9 Å². The number of rotatable bonds is 5. The molecule has 1 amide bonds. The number of nitrogens with one attached hydrogen (secondary N) is 1. The lowest BCUT2D eigenvalue weighted by Crippen LogP contribution is -2.62. The summed E-state index contributed by atoms with van der Waals surface area (Å²) >= 11 is 0. The van der Waals surface area contributed by atoms with Gasteiger partial charge in [-0.2, -0.15) is 0 Å². The molecule has 152 valence electrons. The molecule has 0 spiro atoms. The van der Waals surface area contributed by atoms with E-state index >= 15 is 0 Å². The minimum atomic E-state index is 0.125. The Bertz CT molecular complexity index is 465. The highest BCUT2D eigenvalue weighted by molar-refractivity contribution is 5.78. The summed E-state index contributed by atoms with van der Waals surface area (Å²) in [7, 11) is 1.93. The van der Waals surface area contributed by atoms with Gasteiger partial charge in [0.1, 0.15) is 0 Å². The van der Waals surface area contributed by atoms with Gasteiger partial charge in [0.05, 0.1) is 19.3 Å². The Balaban J connectivity index is 1.97. The number of nitrogens with zero attached hydrogens (tertiary/aromatic N) is 3. The molecule has 1 N–H and O–H groups in total. The van der Waals surface area contributed by atoms with Crippen molar-refractivity contribution in [3.8, 4) is 0 Å². The Morgan fingerprint density at radius 3 is 2.54 bits per heavy atom. The quantitative estimate of drug-likeness (QED) is 0.792. The first kappa shape index (κ1) is 21.6. The second-order valence-corrected chi connectivity index (χ2v) is 9.65. The van der Waals surface area contributed by atoms with E-state index in [-0.39, 0.29) is 17.4 Å². The Hall–Kier alpha value is -0.690. The predicted octanol–water partition coefficient (Wildman–Crippen LogP) is 1.26. The molecule has 4 atom stereocenters. The summed E-state index contributed by atoms with van der Waals surface area (Å²) in [5, 5.41) is 3.59. The lowest BCUT2D eigenvalue weighted by atomic mass is 9.96. The second kappa shape index (κ2) is 9.00. The van der Waals surface area contributed by atoms with E-state index in [0.717, 1.165) is 39.3 Å². The van der Waals surface area contributed by atoms with Crippen molar-refractivity contribution in [1.29, 1.82) is 0 Å². The second-order valence-electron chi connectivity index (χ2n) is 9.65. The van der Waals surface area contributed by atoms with Gasteiger partial charge in [-0.15, -0.1) is 0 Å². The number of piperazine rings is 1. The first-order valence-corrected chi connectivity index (χ1v) is 10.1. The Morgan fingerprint density at radius 1 is 1.19 bits per heavy atom. The van der Waals surface area contributed by atoms with Crippen LogP contribution in [0.4, 0.5) is 0 Å². The van der Waals surface area contributed by atoms with Crippen LogP contribution < -0.4 is 5.32 Å². The van der Waals surface area contributed by atoms with E-state index in [1.54, 1.807) is 0 Å². The van der Waals surface area contributed by atoms with Crippen LogP contribution in [0, 0.1) is 5.41 Å². The molecule has 0 saturated carbocycles. The van der Waals surface area contributed by atoms with E-state index in [2.05, 4.69) is 56.7 Å². The third-order valence-electron chi connectivity index (χ3n) is 5.38. The SMILES string of the molecule is CC1CN(CC(=O)N(C)CC(C)(C)C)[C@@H](CN2C[C@H](C)OCC2C)CN1. The lowest BCUT2D eigenvalue weighted by Gasteiger charge is -2.45. The summed E-state index contributed by atoms with van der Waals surface area (Å²) in [6, 6.07) is 1.23.